The van der Waals surface area contributed by atoms with Crippen molar-refractivity contribution in [3.8, 4) is 0 Å². The molecule has 1 aliphatic rings. The van der Waals surface area contributed by atoms with Crippen molar-refractivity contribution in [1.82, 2.24) is 10.2 Å². The number of benzene rings is 1. The van der Waals surface area contributed by atoms with E-state index in [4.69, 9.17) is 4.74 Å². The maximum atomic E-state index is 11.2. The van der Waals surface area contributed by atoms with Gasteiger partial charge in [-0.15, -0.1) is 24.0 Å². The molecule has 146 valence electrons. The van der Waals surface area contributed by atoms with E-state index in [0.29, 0.717) is 25.5 Å². The predicted molar refractivity (Wildman–Crippen MR) is 114 cm³/mol. The summed E-state index contributed by atoms with van der Waals surface area (Å²) in [6.07, 6.45) is 1.40. The lowest BCUT2D eigenvalue weighted by molar-refractivity contribution is -0.140. The summed E-state index contributed by atoms with van der Waals surface area (Å²) in [5.41, 5.74) is 1.20. The Morgan fingerprint density at radius 3 is 2.81 bits per heavy atom. The van der Waals surface area contributed by atoms with E-state index in [1.54, 1.807) is 0 Å². The van der Waals surface area contributed by atoms with Crippen LogP contribution in [0.3, 0.4) is 0 Å². The number of hydrogen-bond donors (Lipinski definition) is 1. The van der Waals surface area contributed by atoms with Gasteiger partial charge in [0.25, 0.3) is 0 Å². The predicted octanol–water partition coefficient (Wildman–Crippen LogP) is 2.67. The maximum Gasteiger partial charge on any atom is 0.307 e. The SMILES string of the molecule is CCNC(=NCCC(=O)OC)N1CCC(COCc2ccccc2)C1.I. The van der Waals surface area contributed by atoms with Crippen LogP contribution in [0, 0.1) is 5.92 Å². The Labute approximate surface area is 173 Å². The van der Waals surface area contributed by atoms with Crippen molar-refractivity contribution in [1.29, 1.82) is 0 Å². The van der Waals surface area contributed by atoms with Crippen molar-refractivity contribution in [3.63, 3.8) is 0 Å². The van der Waals surface area contributed by atoms with Crippen molar-refractivity contribution >= 4 is 35.9 Å². The largest absolute Gasteiger partial charge is 0.469 e. The molecule has 0 saturated carbocycles. The first-order valence-electron chi connectivity index (χ1n) is 8.94. The lowest BCUT2D eigenvalue weighted by Gasteiger charge is -2.21. The lowest BCUT2D eigenvalue weighted by Crippen LogP contribution is -2.40. The van der Waals surface area contributed by atoms with E-state index in [-0.39, 0.29) is 29.9 Å². The van der Waals surface area contributed by atoms with E-state index in [0.717, 1.165) is 38.6 Å². The van der Waals surface area contributed by atoms with Gasteiger partial charge in [0, 0.05) is 25.6 Å². The molecule has 0 bridgehead atoms. The minimum Gasteiger partial charge on any atom is -0.469 e. The lowest BCUT2D eigenvalue weighted by atomic mass is 10.1. The third kappa shape index (κ3) is 7.90. The summed E-state index contributed by atoms with van der Waals surface area (Å²) >= 11 is 0. The van der Waals surface area contributed by atoms with Crippen LogP contribution in [0.2, 0.25) is 0 Å². The zero-order valence-electron chi connectivity index (χ0n) is 15.6. The first kappa shape index (κ1) is 22.7. The first-order valence-corrected chi connectivity index (χ1v) is 8.94. The number of ether oxygens (including phenoxy) is 2. The summed E-state index contributed by atoms with van der Waals surface area (Å²) in [6.45, 7) is 6.61. The molecule has 0 aliphatic carbocycles. The molecule has 0 radical (unpaired) electrons. The van der Waals surface area contributed by atoms with Crippen molar-refractivity contribution in [2.24, 2.45) is 10.9 Å². The quantitative estimate of drug-likeness (QED) is 0.271. The average molecular weight is 475 g/mol. The molecule has 0 aromatic heterocycles. The molecule has 1 fully saturated rings. The summed E-state index contributed by atoms with van der Waals surface area (Å²) < 4.78 is 10.5. The van der Waals surface area contributed by atoms with Crippen LogP contribution in [0.4, 0.5) is 0 Å². The number of rotatable bonds is 8. The Kier molecular flexibility index (Phi) is 11.3. The average Bonchev–Trinajstić information content (AvgIpc) is 3.10. The number of carbonyl (C=O) groups excluding carboxylic acids is 1. The molecule has 1 aromatic rings. The van der Waals surface area contributed by atoms with Crippen molar-refractivity contribution in [2.75, 3.05) is 39.9 Å². The summed E-state index contributed by atoms with van der Waals surface area (Å²) in [5, 5.41) is 3.30. The van der Waals surface area contributed by atoms with Gasteiger partial charge in [0.2, 0.25) is 0 Å². The summed E-state index contributed by atoms with van der Waals surface area (Å²) in [7, 11) is 1.40. The Bertz CT molecular complexity index is 554. The molecular weight excluding hydrogens is 445 g/mol. The Morgan fingerprint density at radius 1 is 1.35 bits per heavy atom. The van der Waals surface area contributed by atoms with Gasteiger partial charge in [-0.25, -0.2) is 0 Å². The molecule has 1 aliphatic heterocycles. The van der Waals surface area contributed by atoms with Crippen molar-refractivity contribution < 1.29 is 14.3 Å². The van der Waals surface area contributed by atoms with Crippen LogP contribution in [0.5, 0.6) is 0 Å². The fourth-order valence-corrected chi connectivity index (χ4v) is 2.86. The number of methoxy groups -OCH3 is 1. The minimum atomic E-state index is -0.229. The molecule has 26 heavy (non-hydrogen) atoms. The van der Waals surface area contributed by atoms with E-state index >= 15 is 0 Å². The third-order valence-electron chi connectivity index (χ3n) is 4.19. The Morgan fingerprint density at radius 2 is 2.12 bits per heavy atom. The van der Waals surface area contributed by atoms with Gasteiger partial charge in [0.1, 0.15) is 0 Å². The summed E-state index contributed by atoms with van der Waals surface area (Å²) in [4.78, 5) is 18.0. The fourth-order valence-electron chi connectivity index (χ4n) is 2.86. The van der Waals surface area contributed by atoms with Gasteiger partial charge in [0.15, 0.2) is 5.96 Å². The molecule has 6 nitrogen and oxygen atoms in total. The number of esters is 1. The molecular formula is C19H30IN3O3. The minimum absolute atomic E-state index is 0. The highest BCUT2D eigenvalue weighted by Gasteiger charge is 2.25. The highest BCUT2D eigenvalue weighted by atomic mass is 127. The van der Waals surface area contributed by atoms with Crippen LogP contribution >= 0.6 is 24.0 Å². The van der Waals surface area contributed by atoms with Crippen LogP contribution in [-0.4, -0.2) is 56.7 Å². The van der Waals surface area contributed by atoms with Gasteiger partial charge >= 0.3 is 5.97 Å². The number of aliphatic imine (C=N–C) groups is 1. The number of guanidine groups is 1. The van der Waals surface area contributed by atoms with Gasteiger partial charge < -0.3 is 19.7 Å². The number of nitrogens with zero attached hydrogens (tertiary/aromatic N) is 2. The Hall–Kier alpha value is -1.35. The molecule has 0 amide bonds. The maximum absolute atomic E-state index is 11.2. The number of carbonyl (C=O) groups is 1. The van der Waals surface area contributed by atoms with E-state index in [2.05, 4.69) is 32.1 Å². The molecule has 1 aromatic carbocycles. The van der Waals surface area contributed by atoms with Crippen LogP contribution in [0.1, 0.15) is 25.3 Å². The van der Waals surface area contributed by atoms with E-state index in [1.807, 2.05) is 25.1 Å². The number of nitrogens with one attached hydrogen (secondary N) is 1. The Balaban J connectivity index is 0.00000338. The zero-order chi connectivity index (χ0) is 17.9. The van der Waals surface area contributed by atoms with Gasteiger partial charge in [-0.2, -0.15) is 0 Å². The molecule has 1 atom stereocenters. The first-order chi connectivity index (χ1) is 12.2. The van der Waals surface area contributed by atoms with Gasteiger partial charge in [0.05, 0.1) is 33.3 Å². The molecule has 0 spiro atoms. The second-order valence-electron chi connectivity index (χ2n) is 6.16. The van der Waals surface area contributed by atoms with Gasteiger partial charge in [-0.1, -0.05) is 30.3 Å². The van der Waals surface area contributed by atoms with E-state index in [9.17, 15) is 4.79 Å². The molecule has 1 N–H and O–H groups in total. The van der Waals surface area contributed by atoms with Gasteiger partial charge in [-0.05, 0) is 18.9 Å². The zero-order valence-corrected chi connectivity index (χ0v) is 18.0. The molecule has 1 saturated heterocycles. The standard InChI is InChI=1S/C19H29N3O3.HI/c1-3-20-19(21-11-9-18(23)24-2)22-12-10-17(13-22)15-25-14-16-7-5-4-6-8-16;/h4-8,17H,3,9-15H2,1-2H3,(H,20,21);1H. The van der Waals surface area contributed by atoms with E-state index < -0.39 is 0 Å². The van der Waals surface area contributed by atoms with Crippen LogP contribution in [-0.2, 0) is 20.9 Å². The monoisotopic (exact) mass is 475 g/mol. The fraction of sp³-hybridized carbons (Fsp3) is 0.579. The number of halogens is 1. The highest BCUT2D eigenvalue weighted by Crippen LogP contribution is 2.17. The third-order valence-corrected chi connectivity index (χ3v) is 4.19. The molecule has 1 unspecified atom stereocenters. The van der Waals surface area contributed by atoms with Crippen molar-refractivity contribution in [2.45, 2.75) is 26.4 Å². The second-order valence-corrected chi connectivity index (χ2v) is 6.16. The second kappa shape index (κ2) is 12.9. The topological polar surface area (TPSA) is 63.2 Å². The van der Waals surface area contributed by atoms with Crippen LogP contribution in [0.15, 0.2) is 35.3 Å². The van der Waals surface area contributed by atoms with Crippen LogP contribution < -0.4 is 5.32 Å². The van der Waals surface area contributed by atoms with Gasteiger partial charge in [-0.3, -0.25) is 9.79 Å². The van der Waals surface area contributed by atoms with Crippen LogP contribution in [0.25, 0.3) is 0 Å². The van der Waals surface area contributed by atoms with E-state index in [1.165, 1.54) is 12.7 Å². The molecule has 2 rings (SSSR count). The molecule has 7 heteroatoms. The summed E-state index contributed by atoms with van der Waals surface area (Å²) in [5.74, 6) is 1.15. The highest BCUT2D eigenvalue weighted by molar-refractivity contribution is 14.0. The van der Waals surface area contributed by atoms with Crippen molar-refractivity contribution in [3.05, 3.63) is 35.9 Å². The summed E-state index contributed by atoms with van der Waals surface area (Å²) in [6, 6.07) is 10.2. The molecule has 1 heterocycles. The normalized spacial score (nSPS) is 16.9. The number of hydrogen-bond acceptors (Lipinski definition) is 4. The number of likely N-dealkylation sites (tertiary alicyclic amines) is 1. The smallest absolute Gasteiger partial charge is 0.307 e.